The molecule has 0 spiro atoms. The van der Waals surface area contributed by atoms with E-state index < -0.39 is 0 Å². The maximum Gasteiger partial charge on any atom is 0.222 e. The van der Waals surface area contributed by atoms with Crippen LogP contribution < -0.4 is 10.6 Å². The Morgan fingerprint density at radius 1 is 1.50 bits per heavy atom. The van der Waals surface area contributed by atoms with Gasteiger partial charge in [-0.15, -0.1) is 0 Å². The predicted molar refractivity (Wildman–Crippen MR) is 64.2 cm³/mol. The maximum atomic E-state index is 11.2. The predicted octanol–water partition coefficient (Wildman–Crippen LogP) is 0.695. The van der Waals surface area contributed by atoms with Crippen LogP contribution >= 0.6 is 0 Å². The molecule has 0 saturated heterocycles. The Bertz CT molecular complexity index is 249. The van der Waals surface area contributed by atoms with E-state index in [1.54, 1.807) is 0 Å². The summed E-state index contributed by atoms with van der Waals surface area (Å²) in [6, 6.07) is 0. The van der Waals surface area contributed by atoms with Crippen molar-refractivity contribution < 1.29 is 9.53 Å². The highest BCUT2D eigenvalue weighted by atomic mass is 16.5. The van der Waals surface area contributed by atoms with E-state index in [9.17, 15) is 4.79 Å². The Balaban J connectivity index is 1.99. The van der Waals surface area contributed by atoms with Crippen molar-refractivity contribution in [1.29, 1.82) is 0 Å². The summed E-state index contributed by atoms with van der Waals surface area (Å²) < 4.78 is 5.33. The number of amides is 1. The summed E-state index contributed by atoms with van der Waals surface area (Å²) in [5.74, 6) is 0.177. The van der Waals surface area contributed by atoms with Gasteiger partial charge in [-0.05, 0) is 12.0 Å². The van der Waals surface area contributed by atoms with Gasteiger partial charge in [-0.3, -0.25) is 4.79 Å². The first-order valence-corrected chi connectivity index (χ1v) is 5.94. The van der Waals surface area contributed by atoms with Crippen LogP contribution in [0.15, 0.2) is 11.6 Å². The van der Waals surface area contributed by atoms with Gasteiger partial charge in [0.15, 0.2) is 0 Å². The molecule has 1 aliphatic heterocycles. The van der Waals surface area contributed by atoms with Gasteiger partial charge in [0, 0.05) is 25.6 Å². The smallest absolute Gasteiger partial charge is 0.222 e. The van der Waals surface area contributed by atoms with Crippen molar-refractivity contribution in [1.82, 2.24) is 10.6 Å². The monoisotopic (exact) mass is 226 g/mol. The summed E-state index contributed by atoms with van der Waals surface area (Å²) in [5.41, 5.74) is 1.31. The second-order valence-corrected chi connectivity index (χ2v) is 4.33. The lowest BCUT2D eigenvalue weighted by Crippen LogP contribution is -2.35. The summed E-state index contributed by atoms with van der Waals surface area (Å²) in [4.78, 5) is 11.2. The topological polar surface area (TPSA) is 50.4 Å². The molecule has 1 amide bonds. The molecule has 0 aliphatic carbocycles. The Morgan fingerprint density at radius 2 is 2.31 bits per heavy atom. The molecule has 0 unspecified atom stereocenters. The van der Waals surface area contributed by atoms with Crippen LogP contribution in [0.1, 0.15) is 20.3 Å². The van der Waals surface area contributed by atoms with Gasteiger partial charge in [0.2, 0.25) is 5.91 Å². The van der Waals surface area contributed by atoms with E-state index in [2.05, 4.69) is 16.7 Å². The molecular weight excluding hydrogens is 204 g/mol. The third-order valence-electron chi connectivity index (χ3n) is 2.46. The van der Waals surface area contributed by atoms with Gasteiger partial charge < -0.3 is 15.4 Å². The van der Waals surface area contributed by atoms with Crippen molar-refractivity contribution in [3.63, 3.8) is 0 Å². The van der Waals surface area contributed by atoms with Gasteiger partial charge in [0.05, 0.1) is 13.2 Å². The third-order valence-corrected chi connectivity index (χ3v) is 2.46. The zero-order valence-corrected chi connectivity index (χ0v) is 10.2. The first kappa shape index (κ1) is 13.2. The molecule has 0 aromatic carbocycles. The minimum atomic E-state index is 0.0643. The quantitative estimate of drug-likeness (QED) is 0.517. The Morgan fingerprint density at radius 3 is 2.94 bits per heavy atom. The molecule has 0 fully saturated rings. The van der Waals surface area contributed by atoms with Gasteiger partial charge in [-0.2, -0.15) is 0 Å². The molecule has 1 heterocycles. The highest BCUT2D eigenvalue weighted by molar-refractivity contribution is 5.77. The van der Waals surface area contributed by atoms with Crippen LogP contribution in [-0.2, 0) is 9.53 Å². The van der Waals surface area contributed by atoms with Crippen molar-refractivity contribution >= 4 is 5.91 Å². The number of ether oxygens (including phenoxy) is 1. The van der Waals surface area contributed by atoms with E-state index in [0.717, 1.165) is 32.7 Å². The van der Waals surface area contributed by atoms with E-state index in [4.69, 9.17) is 4.74 Å². The molecular formula is C12H22N2O2. The molecule has 0 radical (unpaired) electrons. The number of carbonyl (C=O) groups is 1. The van der Waals surface area contributed by atoms with Gasteiger partial charge in [-0.25, -0.2) is 0 Å². The molecule has 0 atom stereocenters. The van der Waals surface area contributed by atoms with E-state index >= 15 is 0 Å². The summed E-state index contributed by atoms with van der Waals surface area (Å²) in [5, 5.41) is 6.15. The highest BCUT2D eigenvalue weighted by Crippen LogP contribution is 2.03. The molecule has 0 aromatic rings. The number of carbonyl (C=O) groups excluding carboxylic acids is 1. The zero-order valence-electron chi connectivity index (χ0n) is 10.2. The van der Waals surface area contributed by atoms with Crippen molar-refractivity contribution in [2.24, 2.45) is 5.92 Å². The van der Waals surface area contributed by atoms with E-state index in [1.807, 2.05) is 13.8 Å². The molecule has 0 aromatic heterocycles. The van der Waals surface area contributed by atoms with Gasteiger partial charge in [0.1, 0.15) is 0 Å². The molecule has 92 valence electrons. The molecule has 4 heteroatoms. The Labute approximate surface area is 97.4 Å². The lowest BCUT2D eigenvalue weighted by molar-refractivity contribution is -0.123. The Kier molecular flexibility index (Phi) is 6.11. The average Bonchev–Trinajstić information content (AvgIpc) is 2.29. The standard InChI is InChI=1S/C12H22N2O2/c1-10(2)12(15)14-6-5-13-8-11-4-3-7-16-9-11/h4,10,13H,3,5-9H2,1-2H3,(H,14,15). The number of rotatable bonds is 6. The average molecular weight is 226 g/mol. The third kappa shape index (κ3) is 5.28. The van der Waals surface area contributed by atoms with Crippen LogP contribution in [0.3, 0.4) is 0 Å². The van der Waals surface area contributed by atoms with Crippen molar-refractivity contribution in [3.8, 4) is 0 Å². The van der Waals surface area contributed by atoms with Crippen molar-refractivity contribution in [3.05, 3.63) is 11.6 Å². The van der Waals surface area contributed by atoms with Crippen LogP contribution in [0.5, 0.6) is 0 Å². The Hall–Kier alpha value is -0.870. The largest absolute Gasteiger partial charge is 0.377 e. The second kappa shape index (κ2) is 7.41. The fourth-order valence-electron chi connectivity index (χ4n) is 1.46. The van der Waals surface area contributed by atoms with Gasteiger partial charge >= 0.3 is 0 Å². The first-order valence-electron chi connectivity index (χ1n) is 5.94. The van der Waals surface area contributed by atoms with E-state index in [1.165, 1.54) is 5.57 Å². The summed E-state index contributed by atoms with van der Waals surface area (Å²) in [6.45, 7) is 7.72. The lowest BCUT2D eigenvalue weighted by Gasteiger charge is -2.14. The van der Waals surface area contributed by atoms with Crippen LogP contribution in [-0.4, -0.2) is 38.8 Å². The van der Waals surface area contributed by atoms with Gasteiger partial charge in [-0.1, -0.05) is 19.9 Å². The molecule has 16 heavy (non-hydrogen) atoms. The summed E-state index contributed by atoms with van der Waals surface area (Å²) in [7, 11) is 0. The number of nitrogens with one attached hydrogen (secondary N) is 2. The first-order chi connectivity index (χ1) is 7.70. The summed E-state index contributed by atoms with van der Waals surface area (Å²) in [6.07, 6.45) is 3.24. The van der Waals surface area contributed by atoms with Crippen molar-refractivity contribution in [2.45, 2.75) is 20.3 Å². The molecule has 1 aliphatic rings. The normalized spacial score (nSPS) is 16.1. The van der Waals surface area contributed by atoms with Crippen LogP contribution in [0, 0.1) is 5.92 Å². The molecule has 2 N–H and O–H groups in total. The second-order valence-electron chi connectivity index (χ2n) is 4.33. The number of hydrogen-bond donors (Lipinski definition) is 2. The van der Waals surface area contributed by atoms with Gasteiger partial charge in [0.25, 0.3) is 0 Å². The number of hydrogen-bond acceptors (Lipinski definition) is 3. The van der Waals surface area contributed by atoms with Crippen LogP contribution in [0.2, 0.25) is 0 Å². The minimum Gasteiger partial charge on any atom is -0.377 e. The highest BCUT2D eigenvalue weighted by Gasteiger charge is 2.05. The summed E-state index contributed by atoms with van der Waals surface area (Å²) >= 11 is 0. The fraction of sp³-hybridized carbons (Fsp3) is 0.750. The van der Waals surface area contributed by atoms with Crippen LogP contribution in [0.25, 0.3) is 0 Å². The lowest BCUT2D eigenvalue weighted by atomic mass is 10.2. The zero-order chi connectivity index (χ0) is 11.8. The fourth-order valence-corrected chi connectivity index (χ4v) is 1.46. The molecule has 0 saturated carbocycles. The van der Waals surface area contributed by atoms with Crippen LogP contribution in [0.4, 0.5) is 0 Å². The van der Waals surface area contributed by atoms with E-state index in [0.29, 0.717) is 6.54 Å². The molecule has 0 bridgehead atoms. The molecule has 4 nitrogen and oxygen atoms in total. The van der Waals surface area contributed by atoms with Crippen molar-refractivity contribution in [2.75, 3.05) is 32.8 Å². The maximum absolute atomic E-state index is 11.2. The minimum absolute atomic E-state index is 0.0643. The SMILES string of the molecule is CC(C)C(=O)NCCNCC1=CCCOC1. The molecule has 1 rings (SSSR count). The van der Waals surface area contributed by atoms with E-state index in [-0.39, 0.29) is 11.8 Å².